The third-order valence-electron chi connectivity index (χ3n) is 9.43. The number of H-pyrrole nitrogens is 2. The standard InChI is InChI=1S/C60H6.2C13H16N2O/c1-3-5-7-9-11-13-15-17-19-21-23-25-27-29-31-33-35-37-39-41-43-45-47-49-51-53-55-57-59-60-58-56-54-52-50-48-46-44-42-40-38-36-34-32-30-28-26-24-22-20-18-16-14-12-10-8-6-4-2;2*1-3-15(4-2)13(16)11-9-14-12-8-6-5-7-10(11)12/h1-2H3;2*5-9,14H,3-4H2,1-2H3. The van der Waals surface area contributed by atoms with Crippen molar-refractivity contribution in [2.45, 2.75) is 41.5 Å². The number of aromatic nitrogens is 2. The van der Waals surface area contributed by atoms with Gasteiger partial charge in [0.2, 0.25) is 0 Å². The molecule has 0 aliphatic rings. The van der Waals surface area contributed by atoms with Crippen LogP contribution in [0, 0.1) is 343 Å². The molecule has 4 aromatic rings. The van der Waals surface area contributed by atoms with Gasteiger partial charge in [-0.15, -0.1) is 0 Å². The van der Waals surface area contributed by atoms with E-state index in [0.29, 0.717) is 0 Å². The Kier molecular flexibility index (Phi) is 41.2. The van der Waals surface area contributed by atoms with E-state index in [9.17, 15) is 9.59 Å². The van der Waals surface area contributed by atoms with Crippen LogP contribution < -0.4 is 0 Å². The first kappa shape index (κ1) is 71.8. The zero-order valence-corrected chi connectivity index (χ0v) is 50.3. The summed E-state index contributed by atoms with van der Waals surface area (Å²) in [7, 11) is 0. The average molecular weight is 1160 g/mol. The number of carbonyl (C=O) groups is 2. The average Bonchev–Trinajstić information content (AvgIpc) is 1.70. The van der Waals surface area contributed by atoms with Gasteiger partial charge in [-0.3, -0.25) is 9.59 Å². The first-order valence-corrected chi connectivity index (χ1v) is 26.5. The van der Waals surface area contributed by atoms with Crippen LogP contribution in [0.2, 0.25) is 0 Å². The molecule has 414 valence electrons. The van der Waals surface area contributed by atoms with Crippen molar-refractivity contribution >= 4 is 33.6 Å². The summed E-state index contributed by atoms with van der Waals surface area (Å²) < 4.78 is 0. The summed E-state index contributed by atoms with van der Waals surface area (Å²) in [5.41, 5.74) is 3.55. The Bertz CT molecular complexity index is 5210. The first-order valence-electron chi connectivity index (χ1n) is 26.5. The van der Waals surface area contributed by atoms with Gasteiger partial charge < -0.3 is 19.8 Å². The molecule has 0 fully saturated rings. The minimum absolute atomic E-state index is 0.0995. The number of nitrogens with one attached hydrogen (secondary N) is 2. The van der Waals surface area contributed by atoms with Gasteiger partial charge in [0.1, 0.15) is 0 Å². The van der Waals surface area contributed by atoms with E-state index in [1.54, 1.807) is 26.2 Å². The van der Waals surface area contributed by atoms with Crippen LogP contribution >= 0.6 is 0 Å². The van der Waals surface area contributed by atoms with Crippen LogP contribution in [0.1, 0.15) is 62.3 Å². The molecule has 2 aromatic heterocycles. The Balaban J connectivity index is 0.000000710. The summed E-state index contributed by atoms with van der Waals surface area (Å²) in [4.78, 5) is 34.3. The van der Waals surface area contributed by atoms with Crippen molar-refractivity contribution in [3.8, 4) is 343 Å². The molecule has 6 heteroatoms. The van der Waals surface area contributed by atoms with Crippen LogP contribution in [-0.4, -0.2) is 57.8 Å². The van der Waals surface area contributed by atoms with E-state index in [1.165, 1.54) is 0 Å². The number of carbonyl (C=O) groups excluding carboxylic acids is 2. The number of rotatable bonds is 6. The number of benzene rings is 2. The van der Waals surface area contributed by atoms with Gasteiger partial charge in [-0.05, 0) is 148 Å². The van der Waals surface area contributed by atoms with Gasteiger partial charge in [-0.25, -0.2) is 0 Å². The number of hydrogen-bond acceptors (Lipinski definition) is 2. The van der Waals surface area contributed by atoms with Crippen molar-refractivity contribution in [3.63, 3.8) is 0 Å². The van der Waals surface area contributed by atoms with Crippen LogP contribution in [0.5, 0.6) is 0 Å². The highest BCUT2D eigenvalue weighted by atomic mass is 16.2. The monoisotopic (exact) mass is 1160 g/mol. The molecule has 0 aliphatic heterocycles. The molecule has 92 heavy (non-hydrogen) atoms. The van der Waals surface area contributed by atoms with Gasteiger partial charge in [0, 0.05) is 297 Å². The molecule has 2 N–H and O–H groups in total. The second kappa shape index (κ2) is 52.8. The van der Waals surface area contributed by atoms with Gasteiger partial charge in [0.05, 0.1) is 11.1 Å². The summed E-state index contributed by atoms with van der Waals surface area (Å²) in [6, 6.07) is 15.7. The Morgan fingerprint density at radius 1 is 0.261 bits per heavy atom. The highest BCUT2D eigenvalue weighted by Gasteiger charge is 2.17. The molecule has 0 bridgehead atoms. The van der Waals surface area contributed by atoms with E-state index in [4.69, 9.17) is 0 Å². The highest BCUT2D eigenvalue weighted by Crippen LogP contribution is 2.20. The lowest BCUT2D eigenvalue weighted by atomic mass is 10.1. The zero-order chi connectivity index (χ0) is 66.1. The SMILES string of the molecule is CC#CC#CC#CC#CC#CC#CC#CC#CC#CC#CC#CC#CC#CC#CC#CC#CC#CC#CC#CC#CC#CC#CC#CC#CC#CC#CC#CC#CC#CC.CCN(CC)C(=O)c1c[nH]c2ccccc12.CCN(CC)C(=O)c1c[nH]c2ccccc12. The summed E-state index contributed by atoms with van der Waals surface area (Å²) >= 11 is 0. The van der Waals surface area contributed by atoms with Crippen LogP contribution in [0.4, 0.5) is 0 Å². The molecule has 2 aromatic carbocycles. The van der Waals surface area contributed by atoms with Crippen molar-refractivity contribution in [3.05, 3.63) is 72.1 Å². The minimum atomic E-state index is 0.0995. The number of fused-ring (bicyclic) bond motifs is 2. The summed E-state index contributed by atoms with van der Waals surface area (Å²) in [6.45, 7) is 14.3. The Morgan fingerprint density at radius 2 is 0.413 bits per heavy atom. The van der Waals surface area contributed by atoms with Gasteiger partial charge in [0.15, 0.2) is 0 Å². The molecule has 2 amide bonds. The highest BCUT2D eigenvalue weighted by molar-refractivity contribution is 6.07. The van der Waals surface area contributed by atoms with E-state index < -0.39 is 0 Å². The Hall–Kier alpha value is -16.3. The zero-order valence-electron chi connectivity index (χ0n) is 50.3. The maximum absolute atomic E-state index is 12.2. The van der Waals surface area contributed by atoms with Gasteiger partial charge in [-0.1, -0.05) is 48.2 Å². The second-order valence-corrected chi connectivity index (χ2v) is 15.0. The third-order valence-corrected chi connectivity index (χ3v) is 9.43. The molecule has 0 saturated carbocycles. The fourth-order valence-corrected chi connectivity index (χ4v) is 5.67. The molecule has 2 heterocycles. The molecule has 0 aliphatic carbocycles. The summed E-state index contributed by atoms with van der Waals surface area (Å²) in [5, 5.41) is 2.00. The predicted octanol–water partition coefficient (Wildman–Crippen LogP) is 6.42. The number of nitrogens with zero attached hydrogens (tertiary/aromatic N) is 2. The number of amides is 2. The van der Waals surface area contributed by atoms with Crippen LogP contribution in [0.25, 0.3) is 21.8 Å². The molecule has 0 atom stereocenters. The molecule has 0 unspecified atom stereocenters. The van der Waals surface area contributed by atoms with Gasteiger partial charge in [0.25, 0.3) is 11.8 Å². The molecule has 4 rings (SSSR count). The number of aromatic amines is 2. The van der Waals surface area contributed by atoms with Gasteiger partial charge >= 0.3 is 0 Å². The van der Waals surface area contributed by atoms with Crippen LogP contribution in [-0.2, 0) is 0 Å². The summed E-state index contributed by atoms with van der Waals surface area (Å²) in [5.74, 6) is 146. The molecular formula is C86H38N4O2. The smallest absolute Gasteiger partial charge is 0.256 e. The quantitative estimate of drug-likeness (QED) is 0.219. The lowest BCUT2D eigenvalue weighted by Crippen LogP contribution is -2.30. The minimum Gasteiger partial charge on any atom is -0.360 e. The predicted molar refractivity (Wildman–Crippen MR) is 368 cm³/mol. The fourth-order valence-electron chi connectivity index (χ4n) is 5.67. The van der Waals surface area contributed by atoms with E-state index in [1.807, 2.05) is 86.0 Å². The second-order valence-electron chi connectivity index (χ2n) is 15.0. The van der Waals surface area contributed by atoms with Crippen molar-refractivity contribution in [1.82, 2.24) is 19.8 Å². The van der Waals surface area contributed by atoms with Crippen LogP contribution in [0.15, 0.2) is 60.9 Å². The third kappa shape index (κ3) is 35.5. The van der Waals surface area contributed by atoms with E-state index in [0.717, 1.165) is 59.1 Å². The Labute approximate surface area is 543 Å². The maximum atomic E-state index is 12.2. The van der Waals surface area contributed by atoms with Crippen molar-refractivity contribution in [1.29, 1.82) is 0 Å². The fraction of sp³-hybridized carbons (Fsp3) is 0.116. The number of para-hydroxylation sites is 2. The molecule has 0 radical (unpaired) electrons. The van der Waals surface area contributed by atoms with Crippen molar-refractivity contribution in [2.75, 3.05) is 26.2 Å². The lowest BCUT2D eigenvalue weighted by molar-refractivity contribution is 0.0767. The Morgan fingerprint density at radius 3 is 0.565 bits per heavy atom. The molecule has 6 nitrogen and oxygen atoms in total. The number of hydrogen-bond donors (Lipinski definition) is 2. The normalized spacial score (nSPS) is 6.28. The van der Waals surface area contributed by atoms with E-state index >= 15 is 0 Å². The molecule has 0 saturated heterocycles. The van der Waals surface area contributed by atoms with Crippen LogP contribution in [0.3, 0.4) is 0 Å². The summed E-state index contributed by atoms with van der Waals surface area (Å²) in [6.07, 6.45) is 3.59. The van der Waals surface area contributed by atoms with Crippen molar-refractivity contribution < 1.29 is 9.59 Å². The lowest BCUT2D eigenvalue weighted by Gasteiger charge is -2.17. The van der Waals surface area contributed by atoms with Crippen molar-refractivity contribution in [2.24, 2.45) is 0 Å². The molecular weight excluding hydrogens is 1120 g/mol. The topological polar surface area (TPSA) is 72.2 Å². The van der Waals surface area contributed by atoms with Gasteiger partial charge in [-0.2, -0.15) is 0 Å². The molecule has 0 spiro atoms. The first-order chi connectivity index (χ1) is 45.5. The van der Waals surface area contributed by atoms with E-state index in [2.05, 4.69) is 353 Å². The maximum Gasteiger partial charge on any atom is 0.256 e. The van der Waals surface area contributed by atoms with E-state index in [-0.39, 0.29) is 11.8 Å². The largest absolute Gasteiger partial charge is 0.360 e.